The second-order valence-electron chi connectivity index (χ2n) is 10.6. The average Bonchev–Trinajstić information content (AvgIpc) is 3.59. The summed E-state index contributed by atoms with van der Waals surface area (Å²) in [5, 5.41) is 3.20. The van der Waals surface area contributed by atoms with Gasteiger partial charge in [-0.2, -0.15) is 0 Å². The van der Waals surface area contributed by atoms with Crippen LogP contribution in [0.4, 0.5) is 4.79 Å². The Kier molecular flexibility index (Phi) is 4.66. The second kappa shape index (κ2) is 7.48. The van der Waals surface area contributed by atoms with Gasteiger partial charge >= 0.3 is 6.03 Å². The fourth-order valence-electron chi connectivity index (χ4n) is 6.47. The van der Waals surface area contributed by atoms with E-state index < -0.39 is 5.54 Å². The Morgan fingerprint density at radius 3 is 2.45 bits per heavy atom. The first-order chi connectivity index (χ1) is 16.0. The van der Waals surface area contributed by atoms with Crippen molar-refractivity contribution in [3.8, 4) is 11.8 Å². The molecule has 3 amide bonds. The summed E-state index contributed by atoms with van der Waals surface area (Å²) >= 11 is 0. The molecule has 1 heterocycles. The lowest BCUT2D eigenvalue weighted by Gasteiger charge is -2.46. The molecule has 0 radical (unpaired) electrons. The number of nitrogens with one attached hydrogen (secondary N) is 1. The maximum Gasteiger partial charge on any atom is 0.325 e. The molecule has 2 saturated carbocycles. The summed E-state index contributed by atoms with van der Waals surface area (Å²) in [5.41, 5.74) is 3.29. The number of benzene rings is 2. The first-order valence-electron chi connectivity index (χ1n) is 12.3. The zero-order valence-corrected chi connectivity index (χ0v) is 19.2. The number of hydrogen-bond acceptors (Lipinski definition) is 2. The van der Waals surface area contributed by atoms with Gasteiger partial charge in [0.1, 0.15) is 0 Å². The molecule has 1 saturated heterocycles. The Morgan fingerprint density at radius 1 is 1.03 bits per heavy atom. The maximum absolute atomic E-state index is 13.7. The van der Waals surface area contributed by atoms with Crippen LogP contribution in [0.2, 0.25) is 0 Å². The molecule has 6 rings (SSSR count). The first-order valence-corrected chi connectivity index (χ1v) is 12.3. The zero-order chi connectivity index (χ0) is 22.6. The Labute approximate surface area is 195 Å². The minimum atomic E-state index is -0.955. The van der Waals surface area contributed by atoms with Gasteiger partial charge in [-0.05, 0) is 86.1 Å². The molecule has 1 atom stereocenters. The Morgan fingerprint density at radius 2 is 1.79 bits per heavy atom. The highest BCUT2D eigenvalue weighted by Crippen LogP contribution is 2.60. The van der Waals surface area contributed by atoms with E-state index in [0.717, 1.165) is 49.7 Å². The standard InChI is InChI=1S/C29H30N2O2/c1-31-26(32)29(30-27(31)33)25-18-22(10-9-20-7-8-20)11-12-24(25)19-28(29)15-13-23(14-16-28)17-21-5-3-2-4-6-21/h2-6,11-12,18,20,23H,7-8,13-17,19H2,1H3,(H,30,33). The van der Waals surface area contributed by atoms with Crippen LogP contribution in [0.25, 0.3) is 0 Å². The van der Waals surface area contributed by atoms with E-state index in [2.05, 4.69) is 65.7 Å². The summed E-state index contributed by atoms with van der Waals surface area (Å²) in [5.74, 6) is 7.70. The first kappa shape index (κ1) is 20.5. The summed E-state index contributed by atoms with van der Waals surface area (Å²) in [7, 11) is 1.61. The molecule has 2 spiro atoms. The molecule has 3 fully saturated rings. The average molecular weight is 439 g/mol. The van der Waals surface area contributed by atoms with Crippen molar-refractivity contribution in [2.45, 2.75) is 56.9 Å². The van der Waals surface area contributed by atoms with E-state index in [1.165, 1.54) is 28.9 Å². The highest BCUT2D eigenvalue weighted by molar-refractivity contribution is 6.08. The largest absolute Gasteiger partial charge is 0.325 e. The number of carbonyl (C=O) groups is 2. The normalized spacial score (nSPS) is 30.3. The van der Waals surface area contributed by atoms with Crippen molar-refractivity contribution in [1.29, 1.82) is 0 Å². The highest BCUT2D eigenvalue weighted by atomic mass is 16.2. The van der Waals surface area contributed by atoms with E-state index in [0.29, 0.717) is 11.8 Å². The molecule has 1 N–H and O–H groups in total. The number of carbonyl (C=O) groups excluding carboxylic acids is 2. The van der Waals surface area contributed by atoms with Crippen LogP contribution in [0.1, 0.15) is 60.8 Å². The van der Waals surface area contributed by atoms with Gasteiger partial charge in [0.2, 0.25) is 0 Å². The number of amides is 3. The molecule has 3 aliphatic carbocycles. The number of likely N-dealkylation sites (N-methyl/N-ethyl adjacent to an activating group) is 1. The zero-order valence-electron chi connectivity index (χ0n) is 19.2. The molecule has 4 heteroatoms. The van der Waals surface area contributed by atoms with Gasteiger partial charge in [0, 0.05) is 23.9 Å². The van der Waals surface area contributed by atoms with Gasteiger partial charge < -0.3 is 5.32 Å². The number of urea groups is 1. The van der Waals surface area contributed by atoms with E-state index in [-0.39, 0.29) is 17.4 Å². The van der Waals surface area contributed by atoms with Crippen molar-refractivity contribution in [3.63, 3.8) is 0 Å². The van der Waals surface area contributed by atoms with Gasteiger partial charge in [0.15, 0.2) is 5.54 Å². The van der Waals surface area contributed by atoms with Gasteiger partial charge in [-0.3, -0.25) is 9.69 Å². The monoisotopic (exact) mass is 438 g/mol. The van der Waals surface area contributed by atoms with E-state index in [9.17, 15) is 9.59 Å². The molecule has 4 aliphatic rings. The van der Waals surface area contributed by atoms with Crippen molar-refractivity contribution in [2.75, 3.05) is 7.05 Å². The molecular formula is C29H30N2O2. The van der Waals surface area contributed by atoms with Crippen LogP contribution in [0, 0.1) is 29.1 Å². The minimum Gasteiger partial charge on any atom is -0.319 e. The van der Waals surface area contributed by atoms with Crippen molar-refractivity contribution in [3.05, 3.63) is 70.8 Å². The summed E-state index contributed by atoms with van der Waals surface area (Å²) in [6, 6.07) is 16.7. The number of hydrogen-bond donors (Lipinski definition) is 1. The topological polar surface area (TPSA) is 49.4 Å². The molecule has 33 heavy (non-hydrogen) atoms. The third-order valence-corrected chi connectivity index (χ3v) is 8.49. The quantitative estimate of drug-likeness (QED) is 0.541. The number of nitrogens with zero attached hydrogens (tertiary/aromatic N) is 1. The van der Waals surface area contributed by atoms with Gasteiger partial charge in [0.05, 0.1) is 0 Å². The lowest BCUT2D eigenvalue weighted by atomic mass is 9.59. The Bertz CT molecular complexity index is 1180. The van der Waals surface area contributed by atoms with Crippen LogP contribution >= 0.6 is 0 Å². The number of rotatable bonds is 2. The van der Waals surface area contributed by atoms with Crippen molar-refractivity contribution >= 4 is 11.9 Å². The molecule has 1 aliphatic heterocycles. The Hall–Kier alpha value is -3.06. The van der Waals surface area contributed by atoms with Crippen LogP contribution < -0.4 is 5.32 Å². The predicted octanol–water partition coefficient (Wildman–Crippen LogP) is 4.80. The van der Waals surface area contributed by atoms with Crippen molar-refractivity contribution < 1.29 is 9.59 Å². The van der Waals surface area contributed by atoms with Gasteiger partial charge in [-0.1, -0.05) is 48.2 Å². The van der Waals surface area contributed by atoms with E-state index in [4.69, 9.17) is 0 Å². The van der Waals surface area contributed by atoms with E-state index in [1.807, 2.05) is 0 Å². The van der Waals surface area contributed by atoms with Gasteiger partial charge in [-0.25, -0.2) is 4.79 Å². The van der Waals surface area contributed by atoms with Crippen LogP contribution in [0.3, 0.4) is 0 Å². The third-order valence-electron chi connectivity index (χ3n) is 8.49. The second-order valence-corrected chi connectivity index (χ2v) is 10.6. The third kappa shape index (κ3) is 3.21. The van der Waals surface area contributed by atoms with Crippen molar-refractivity contribution in [2.24, 2.45) is 17.3 Å². The van der Waals surface area contributed by atoms with Crippen molar-refractivity contribution in [1.82, 2.24) is 10.2 Å². The molecular weight excluding hydrogens is 408 g/mol. The van der Waals surface area contributed by atoms with Crippen LogP contribution in [0.15, 0.2) is 48.5 Å². The van der Waals surface area contributed by atoms with Crippen LogP contribution in [-0.4, -0.2) is 23.9 Å². The van der Waals surface area contributed by atoms with E-state index in [1.54, 1.807) is 7.05 Å². The molecule has 2 aromatic carbocycles. The van der Waals surface area contributed by atoms with E-state index >= 15 is 0 Å². The number of fused-ring (bicyclic) bond motifs is 3. The van der Waals surface area contributed by atoms with Gasteiger partial charge in [-0.15, -0.1) is 0 Å². The molecule has 1 unspecified atom stereocenters. The smallest absolute Gasteiger partial charge is 0.319 e. The Balaban J connectivity index is 1.34. The van der Waals surface area contributed by atoms with Gasteiger partial charge in [0.25, 0.3) is 5.91 Å². The highest BCUT2D eigenvalue weighted by Gasteiger charge is 2.67. The minimum absolute atomic E-state index is 0.0972. The fraction of sp³-hybridized carbons (Fsp3) is 0.448. The summed E-state index contributed by atoms with van der Waals surface area (Å²) in [6.07, 6.45) is 8.35. The maximum atomic E-state index is 13.7. The predicted molar refractivity (Wildman–Crippen MR) is 127 cm³/mol. The lowest BCUT2D eigenvalue weighted by Crippen LogP contribution is -2.56. The number of imide groups is 1. The summed E-state index contributed by atoms with van der Waals surface area (Å²) < 4.78 is 0. The summed E-state index contributed by atoms with van der Waals surface area (Å²) in [6.45, 7) is 0. The molecule has 4 nitrogen and oxygen atoms in total. The SMILES string of the molecule is CN1C(=O)NC2(C1=O)c1cc(C#CC3CC3)ccc1CC21CCC(Cc2ccccc2)CC1. The molecule has 2 aromatic rings. The van der Waals surface area contributed by atoms with Crippen LogP contribution in [-0.2, 0) is 23.2 Å². The lowest BCUT2D eigenvalue weighted by molar-refractivity contribution is -0.137. The summed E-state index contributed by atoms with van der Waals surface area (Å²) in [4.78, 5) is 27.8. The fourth-order valence-corrected chi connectivity index (χ4v) is 6.47. The molecule has 168 valence electrons. The van der Waals surface area contributed by atoms with Crippen LogP contribution in [0.5, 0.6) is 0 Å². The molecule has 0 aromatic heterocycles. The molecule has 0 bridgehead atoms.